The van der Waals surface area contributed by atoms with E-state index < -0.39 is 5.97 Å². The fraction of sp³-hybridized carbons (Fsp3) is 0.444. The Morgan fingerprint density at radius 3 is 3.08 bits per heavy atom. The molecule has 1 aromatic heterocycles. The van der Waals surface area contributed by atoms with Gasteiger partial charge in [0.05, 0.1) is 5.56 Å². The monoisotopic (exact) mass is 197 g/mol. The molecule has 3 nitrogen and oxygen atoms in total. The van der Waals surface area contributed by atoms with Crippen LogP contribution in [0.5, 0.6) is 0 Å². The highest BCUT2D eigenvalue weighted by Gasteiger charge is 2.22. The Morgan fingerprint density at radius 2 is 2.46 bits per heavy atom. The van der Waals surface area contributed by atoms with Gasteiger partial charge in [-0.2, -0.15) is 11.3 Å². The van der Waals surface area contributed by atoms with E-state index in [0.717, 1.165) is 24.9 Å². The topological polar surface area (TPSA) is 49.3 Å². The molecule has 0 aliphatic carbocycles. The zero-order valence-corrected chi connectivity index (χ0v) is 7.93. The van der Waals surface area contributed by atoms with Crippen LogP contribution in [0.3, 0.4) is 0 Å². The molecule has 1 fully saturated rings. The third-order valence-electron chi connectivity index (χ3n) is 2.36. The second kappa shape index (κ2) is 3.47. The standard InChI is InChI=1S/C9H11NO2S/c11-9(12)7-5-13-4-6(7)8-2-1-3-10-8/h4-5,8,10H,1-3H2,(H,11,12)/t8-/m0/s1. The highest BCUT2D eigenvalue weighted by Crippen LogP contribution is 2.28. The fourth-order valence-electron chi connectivity index (χ4n) is 1.70. The molecular formula is C9H11NO2S. The van der Waals surface area contributed by atoms with Gasteiger partial charge in [0, 0.05) is 11.4 Å². The average Bonchev–Trinajstić information content (AvgIpc) is 2.74. The van der Waals surface area contributed by atoms with Gasteiger partial charge in [0.25, 0.3) is 0 Å². The molecule has 2 rings (SSSR count). The maximum Gasteiger partial charge on any atom is 0.336 e. The first kappa shape index (κ1) is 8.72. The number of aromatic carboxylic acids is 1. The maximum atomic E-state index is 10.8. The summed E-state index contributed by atoms with van der Waals surface area (Å²) in [5.74, 6) is -0.815. The van der Waals surface area contributed by atoms with Crippen LogP contribution < -0.4 is 5.32 Å². The van der Waals surface area contributed by atoms with Gasteiger partial charge in [0.2, 0.25) is 0 Å². The van der Waals surface area contributed by atoms with Gasteiger partial charge in [-0.15, -0.1) is 0 Å². The molecule has 0 amide bonds. The minimum absolute atomic E-state index is 0.261. The molecule has 1 atom stereocenters. The molecule has 13 heavy (non-hydrogen) atoms. The van der Waals surface area contributed by atoms with Crippen molar-refractivity contribution in [3.63, 3.8) is 0 Å². The predicted molar refractivity (Wildman–Crippen MR) is 51.3 cm³/mol. The minimum atomic E-state index is -0.815. The van der Waals surface area contributed by atoms with Crippen LogP contribution in [0.1, 0.15) is 34.8 Å². The van der Waals surface area contributed by atoms with Crippen LogP contribution in [0.25, 0.3) is 0 Å². The van der Waals surface area contributed by atoms with Crippen molar-refractivity contribution in [2.75, 3.05) is 6.54 Å². The molecule has 0 bridgehead atoms. The Hall–Kier alpha value is -0.870. The second-order valence-corrected chi connectivity index (χ2v) is 3.94. The first-order valence-corrected chi connectivity index (χ1v) is 5.26. The summed E-state index contributed by atoms with van der Waals surface area (Å²) < 4.78 is 0. The van der Waals surface area contributed by atoms with Crippen molar-refractivity contribution >= 4 is 17.3 Å². The lowest BCUT2D eigenvalue weighted by molar-refractivity contribution is 0.0695. The molecule has 1 aliphatic heterocycles. The van der Waals surface area contributed by atoms with E-state index in [1.54, 1.807) is 5.38 Å². The Kier molecular flexibility index (Phi) is 2.33. The molecule has 0 aromatic carbocycles. The van der Waals surface area contributed by atoms with Crippen molar-refractivity contribution in [2.24, 2.45) is 0 Å². The van der Waals surface area contributed by atoms with Crippen molar-refractivity contribution in [2.45, 2.75) is 18.9 Å². The summed E-state index contributed by atoms with van der Waals surface area (Å²) in [5, 5.41) is 15.8. The van der Waals surface area contributed by atoms with Crippen molar-refractivity contribution in [1.29, 1.82) is 0 Å². The summed E-state index contributed by atoms with van der Waals surface area (Å²) in [6, 6.07) is 0.261. The Morgan fingerprint density at radius 1 is 1.62 bits per heavy atom. The van der Waals surface area contributed by atoms with Crippen LogP contribution in [0, 0.1) is 0 Å². The SMILES string of the molecule is O=C(O)c1cscc1[C@@H]1CCCN1. The summed E-state index contributed by atoms with van der Waals surface area (Å²) in [5.41, 5.74) is 1.42. The summed E-state index contributed by atoms with van der Waals surface area (Å²) in [4.78, 5) is 10.8. The predicted octanol–water partition coefficient (Wildman–Crippen LogP) is 1.87. The van der Waals surface area contributed by atoms with E-state index in [0.29, 0.717) is 5.56 Å². The van der Waals surface area contributed by atoms with Gasteiger partial charge in [0.1, 0.15) is 0 Å². The van der Waals surface area contributed by atoms with E-state index >= 15 is 0 Å². The average molecular weight is 197 g/mol. The number of hydrogen-bond donors (Lipinski definition) is 2. The molecule has 1 aliphatic rings. The first-order chi connectivity index (χ1) is 6.29. The van der Waals surface area contributed by atoms with Crippen molar-refractivity contribution in [3.05, 3.63) is 21.9 Å². The van der Waals surface area contributed by atoms with Gasteiger partial charge in [-0.25, -0.2) is 4.79 Å². The normalized spacial score (nSPS) is 22.0. The van der Waals surface area contributed by atoms with Gasteiger partial charge in [0.15, 0.2) is 0 Å². The van der Waals surface area contributed by atoms with E-state index in [9.17, 15) is 4.79 Å². The summed E-state index contributed by atoms with van der Waals surface area (Å²) in [6.45, 7) is 1.000. The van der Waals surface area contributed by atoms with Crippen LogP contribution in [0.15, 0.2) is 10.8 Å². The summed E-state index contributed by atoms with van der Waals surface area (Å²) >= 11 is 1.46. The number of rotatable bonds is 2. The van der Waals surface area contributed by atoms with Gasteiger partial charge >= 0.3 is 5.97 Å². The number of carboxylic acid groups (broad SMARTS) is 1. The van der Waals surface area contributed by atoms with Gasteiger partial charge < -0.3 is 10.4 Å². The quantitative estimate of drug-likeness (QED) is 0.761. The molecule has 0 spiro atoms. The number of carboxylic acids is 1. The highest BCUT2D eigenvalue weighted by atomic mass is 32.1. The number of nitrogens with one attached hydrogen (secondary N) is 1. The third kappa shape index (κ3) is 1.59. The molecule has 2 N–H and O–H groups in total. The molecule has 70 valence electrons. The summed E-state index contributed by atoms with van der Waals surface area (Å²) in [7, 11) is 0. The van der Waals surface area contributed by atoms with Crippen LogP contribution in [-0.2, 0) is 0 Å². The van der Waals surface area contributed by atoms with Gasteiger partial charge in [-0.05, 0) is 30.3 Å². The van der Waals surface area contributed by atoms with E-state index in [2.05, 4.69) is 5.32 Å². The van der Waals surface area contributed by atoms with Crippen molar-refractivity contribution in [3.8, 4) is 0 Å². The fourth-order valence-corrected chi connectivity index (χ4v) is 2.58. The second-order valence-electron chi connectivity index (χ2n) is 3.19. The molecule has 0 unspecified atom stereocenters. The number of carbonyl (C=O) groups is 1. The molecule has 1 aromatic rings. The molecule has 4 heteroatoms. The smallest absolute Gasteiger partial charge is 0.336 e. The Bertz CT molecular complexity index is 315. The van der Waals surface area contributed by atoms with Crippen LogP contribution in [-0.4, -0.2) is 17.6 Å². The van der Waals surface area contributed by atoms with Crippen LogP contribution in [0.2, 0.25) is 0 Å². The minimum Gasteiger partial charge on any atom is -0.478 e. The summed E-state index contributed by atoms with van der Waals surface area (Å²) in [6.07, 6.45) is 2.19. The highest BCUT2D eigenvalue weighted by molar-refractivity contribution is 7.08. The van der Waals surface area contributed by atoms with E-state index in [1.807, 2.05) is 5.38 Å². The van der Waals surface area contributed by atoms with Crippen molar-refractivity contribution < 1.29 is 9.90 Å². The van der Waals surface area contributed by atoms with Gasteiger partial charge in [-0.1, -0.05) is 0 Å². The molecule has 0 saturated carbocycles. The third-order valence-corrected chi connectivity index (χ3v) is 3.12. The lowest BCUT2D eigenvalue weighted by Crippen LogP contribution is -2.14. The molecular weight excluding hydrogens is 186 g/mol. The Balaban J connectivity index is 2.28. The van der Waals surface area contributed by atoms with Gasteiger partial charge in [-0.3, -0.25) is 0 Å². The maximum absolute atomic E-state index is 10.8. The van der Waals surface area contributed by atoms with E-state index in [4.69, 9.17) is 5.11 Å². The lowest BCUT2D eigenvalue weighted by atomic mass is 10.0. The number of thiophene rings is 1. The largest absolute Gasteiger partial charge is 0.478 e. The Labute approximate surface area is 80.4 Å². The van der Waals surface area contributed by atoms with E-state index in [-0.39, 0.29) is 6.04 Å². The lowest BCUT2D eigenvalue weighted by Gasteiger charge is -2.08. The van der Waals surface area contributed by atoms with Crippen molar-refractivity contribution in [1.82, 2.24) is 5.32 Å². The number of hydrogen-bond acceptors (Lipinski definition) is 3. The first-order valence-electron chi connectivity index (χ1n) is 4.32. The molecule has 2 heterocycles. The molecule has 0 radical (unpaired) electrons. The van der Waals surface area contributed by atoms with E-state index in [1.165, 1.54) is 11.3 Å². The van der Waals surface area contributed by atoms with Crippen LogP contribution in [0.4, 0.5) is 0 Å². The molecule has 1 saturated heterocycles. The zero-order valence-electron chi connectivity index (χ0n) is 7.12. The van der Waals surface area contributed by atoms with Crippen LogP contribution >= 0.6 is 11.3 Å². The zero-order chi connectivity index (χ0) is 9.26.